The number of aromatic hydroxyl groups is 1. The summed E-state index contributed by atoms with van der Waals surface area (Å²) in [5.74, 6) is 0.596. The minimum absolute atomic E-state index is 0.132. The summed E-state index contributed by atoms with van der Waals surface area (Å²) in [5.41, 5.74) is 1.38. The molecule has 0 fully saturated rings. The number of hydrogen-bond acceptors (Lipinski definition) is 4. The number of methoxy groups -OCH3 is 1. The van der Waals surface area contributed by atoms with Crippen LogP contribution in [0.5, 0.6) is 11.5 Å². The fraction of sp³-hybridized carbons (Fsp3) is 0.368. The van der Waals surface area contributed by atoms with Crippen LogP contribution in [0.25, 0.3) is 0 Å². The maximum absolute atomic E-state index is 10.2. The van der Waals surface area contributed by atoms with Crippen LogP contribution in [0.3, 0.4) is 0 Å². The molecule has 124 valence electrons. The maximum atomic E-state index is 10.2. The second-order valence-electron chi connectivity index (χ2n) is 6.45. The number of phenols is 1. The lowest BCUT2D eigenvalue weighted by molar-refractivity contribution is 0.0306. The van der Waals surface area contributed by atoms with Gasteiger partial charge in [0.15, 0.2) is 11.5 Å². The summed E-state index contributed by atoms with van der Waals surface area (Å²) < 4.78 is 5.08. The van der Waals surface area contributed by atoms with Crippen molar-refractivity contribution in [3.8, 4) is 11.5 Å². The summed E-state index contributed by atoms with van der Waals surface area (Å²) in [6.07, 6.45) is 0. The van der Waals surface area contributed by atoms with E-state index < -0.39 is 5.60 Å². The first-order valence-electron chi connectivity index (χ1n) is 7.72. The van der Waals surface area contributed by atoms with Gasteiger partial charge in [-0.2, -0.15) is 0 Å². The van der Waals surface area contributed by atoms with Gasteiger partial charge in [0.25, 0.3) is 0 Å². The lowest BCUT2D eigenvalue weighted by Gasteiger charge is -2.29. The van der Waals surface area contributed by atoms with E-state index in [0.29, 0.717) is 18.8 Å². The maximum Gasteiger partial charge on any atom is 0.160 e. The van der Waals surface area contributed by atoms with Gasteiger partial charge in [0.05, 0.1) is 12.7 Å². The van der Waals surface area contributed by atoms with Crippen molar-refractivity contribution in [2.45, 2.75) is 32.5 Å². The quantitative estimate of drug-likeness (QED) is 0.824. The molecule has 2 aromatic carbocycles. The zero-order valence-corrected chi connectivity index (χ0v) is 14.0. The molecule has 0 saturated carbocycles. The number of phenolic OH excluding ortho intramolecular Hbond substituents is 1. The van der Waals surface area contributed by atoms with Gasteiger partial charge in [0.2, 0.25) is 0 Å². The molecule has 0 atom stereocenters. The molecule has 0 saturated heterocycles. The first kappa shape index (κ1) is 17.3. The molecule has 23 heavy (non-hydrogen) atoms. The molecule has 4 heteroatoms. The smallest absolute Gasteiger partial charge is 0.160 e. The average molecular weight is 315 g/mol. The number of benzene rings is 2. The lowest BCUT2D eigenvalue weighted by atomic mass is 10.1. The Labute approximate surface area is 138 Å². The van der Waals surface area contributed by atoms with Crippen molar-refractivity contribution in [2.75, 3.05) is 13.7 Å². The van der Waals surface area contributed by atoms with Crippen LogP contribution in [0.4, 0.5) is 0 Å². The standard InChI is InChI=1S/C19H25NO3/c1-19(2,22)14-20(12-15-7-5-4-6-8-15)13-16-9-10-18(23-3)17(21)11-16/h4-11,21-22H,12-14H2,1-3H3. The predicted octanol–water partition coefficient (Wildman–Crippen LogP) is 3.17. The minimum atomic E-state index is -0.788. The highest BCUT2D eigenvalue weighted by Crippen LogP contribution is 2.27. The van der Waals surface area contributed by atoms with E-state index in [-0.39, 0.29) is 5.75 Å². The Hall–Kier alpha value is -2.04. The highest BCUT2D eigenvalue weighted by molar-refractivity contribution is 5.41. The normalized spacial score (nSPS) is 11.7. The number of aliphatic hydroxyl groups is 1. The first-order chi connectivity index (χ1) is 10.9. The molecule has 0 spiro atoms. The van der Waals surface area contributed by atoms with Gasteiger partial charge in [-0.1, -0.05) is 36.4 Å². The van der Waals surface area contributed by atoms with Gasteiger partial charge >= 0.3 is 0 Å². The van der Waals surface area contributed by atoms with Crippen LogP contribution < -0.4 is 4.74 Å². The second-order valence-corrected chi connectivity index (χ2v) is 6.45. The third-order valence-corrected chi connectivity index (χ3v) is 3.51. The molecule has 2 N–H and O–H groups in total. The van der Waals surface area contributed by atoms with Gasteiger partial charge in [-0.3, -0.25) is 4.90 Å². The molecular formula is C19H25NO3. The molecule has 2 aromatic rings. The van der Waals surface area contributed by atoms with Crippen molar-refractivity contribution in [1.82, 2.24) is 4.90 Å². The van der Waals surface area contributed by atoms with E-state index in [9.17, 15) is 10.2 Å². The Morgan fingerprint density at radius 2 is 1.65 bits per heavy atom. The molecule has 0 aliphatic carbocycles. The molecule has 0 aliphatic heterocycles. The molecule has 0 aromatic heterocycles. The van der Waals surface area contributed by atoms with Crippen LogP contribution in [0.1, 0.15) is 25.0 Å². The van der Waals surface area contributed by atoms with Crippen molar-refractivity contribution in [2.24, 2.45) is 0 Å². The largest absolute Gasteiger partial charge is 0.504 e. The highest BCUT2D eigenvalue weighted by atomic mass is 16.5. The zero-order valence-electron chi connectivity index (χ0n) is 14.0. The highest BCUT2D eigenvalue weighted by Gasteiger charge is 2.19. The van der Waals surface area contributed by atoms with Gasteiger partial charge in [-0.05, 0) is 37.1 Å². The Bertz CT molecular complexity index is 620. The molecule has 0 unspecified atom stereocenters. The summed E-state index contributed by atoms with van der Waals surface area (Å²) in [5, 5.41) is 20.1. The fourth-order valence-electron chi connectivity index (χ4n) is 2.65. The van der Waals surface area contributed by atoms with Crippen LogP contribution >= 0.6 is 0 Å². The first-order valence-corrected chi connectivity index (χ1v) is 7.72. The SMILES string of the molecule is COc1ccc(CN(Cc2ccccc2)CC(C)(C)O)cc1O. The summed E-state index contributed by atoms with van der Waals surface area (Å²) in [6, 6.07) is 15.6. The Morgan fingerprint density at radius 3 is 2.22 bits per heavy atom. The Morgan fingerprint density at radius 1 is 1.00 bits per heavy atom. The topological polar surface area (TPSA) is 52.9 Å². The monoisotopic (exact) mass is 315 g/mol. The summed E-state index contributed by atoms with van der Waals surface area (Å²) >= 11 is 0. The van der Waals surface area contributed by atoms with Gasteiger partial charge in [0, 0.05) is 19.6 Å². The van der Waals surface area contributed by atoms with Gasteiger partial charge in [0.1, 0.15) is 0 Å². The zero-order chi connectivity index (χ0) is 16.9. The summed E-state index contributed by atoms with van der Waals surface area (Å²) in [4.78, 5) is 2.16. The van der Waals surface area contributed by atoms with Crippen molar-refractivity contribution in [1.29, 1.82) is 0 Å². The van der Waals surface area contributed by atoms with E-state index in [1.54, 1.807) is 26.0 Å². The Balaban J connectivity index is 2.15. The number of hydrogen-bond donors (Lipinski definition) is 2. The van der Waals surface area contributed by atoms with Crippen LogP contribution in [-0.2, 0) is 13.1 Å². The van der Waals surface area contributed by atoms with Crippen molar-refractivity contribution < 1.29 is 14.9 Å². The molecule has 0 radical (unpaired) electrons. The van der Waals surface area contributed by atoms with E-state index >= 15 is 0 Å². The van der Waals surface area contributed by atoms with Crippen molar-refractivity contribution in [3.05, 3.63) is 59.7 Å². The van der Waals surface area contributed by atoms with E-state index in [0.717, 1.165) is 12.1 Å². The number of nitrogens with zero attached hydrogens (tertiary/aromatic N) is 1. The van der Waals surface area contributed by atoms with E-state index in [1.807, 2.05) is 24.3 Å². The predicted molar refractivity (Wildman–Crippen MR) is 91.5 cm³/mol. The van der Waals surface area contributed by atoms with Gasteiger partial charge < -0.3 is 14.9 Å². The van der Waals surface area contributed by atoms with E-state index in [1.165, 1.54) is 12.7 Å². The molecule has 4 nitrogen and oxygen atoms in total. The van der Waals surface area contributed by atoms with Crippen LogP contribution in [0.15, 0.2) is 48.5 Å². The third-order valence-electron chi connectivity index (χ3n) is 3.51. The second kappa shape index (κ2) is 7.49. The molecule has 0 amide bonds. The lowest BCUT2D eigenvalue weighted by Crippen LogP contribution is -2.37. The van der Waals surface area contributed by atoms with Crippen molar-refractivity contribution in [3.63, 3.8) is 0 Å². The van der Waals surface area contributed by atoms with Gasteiger partial charge in [-0.25, -0.2) is 0 Å². The van der Waals surface area contributed by atoms with Gasteiger partial charge in [-0.15, -0.1) is 0 Å². The molecular weight excluding hydrogens is 290 g/mol. The molecule has 0 aliphatic rings. The van der Waals surface area contributed by atoms with E-state index in [4.69, 9.17) is 4.74 Å². The molecule has 2 rings (SSSR count). The van der Waals surface area contributed by atoms with Crippen LogP contribution in [0, 0.1) is 0 Å². The average Bonchev–Trinajstić information content (AvgIpc) is 2.46. The Kier molecular flexibility index (Phi) is 5.64. The summed E-state index contributed by atoms with van der Waals surface area (Å²) in [6.45, 7) is 5.51. The van der Waals surface area contributed by atoms with Crippen LogP contribution in [0.2, 0.25) is 0 Å². The number of rotatable bonds is 7. The minimum Gasteiger partial charge on any atom is -0.504 e. The van der Waals surface area contributed by atoms with E-state index in [2.05, 4.69) is 17.0 Å². The fourth-order valence-corrected chi connectivity index (χ4v) is 2.65. The number of ether oxygens (including phenoxy) is 1. The summed E-state index contributed by atoms with van der Waals surface area (Å²) in [7, 11) is 1.53. The molecule has 0 bridgehead atoms. The van der Waals surface area contributed by atoms with Crippen LogP contribution in [-0.4, -0.2) is 34.4 Å². The van der Waals surface area contributed by atoms with Crippen molar-refractivity contribution >= 4 is 0 Å². The molecule has 0 heterocycles. The third kappa shape index (κ3) is 5.58.